The monoisotopic (exact) mass is 423 g/mol. The van der Waals surface area contributed by atoms with Gasteiger partial charge in [0.15, 0.2) is 0 Å². The van der Waals surface area contributed by atoms with Gasteiger partial charge in [0.1, 0.15) is 0 Å². The van der Waals surface area contributed by atoms with Crippen LogP contribution in [-0.4, -0.2) is 34.8 Å². The van der Waals surface area contributed by atoms with Gasteiger partial charge in [0, 0.05) is 43.5 Å². The van der Waals surface area contributed by atoms with Gasteiger partial charge >= 0.3 is 0 Å². The Kier molecular flexibility index (Phi) is 5.35. The zero-order valence-corrected chi connectivity index (χ0v) is 18.2. The topological polar surface area (TPSA) is 62.3 Å². The van der Waals surface area contributed by atoms with E-state index in [4.69, 9.17) is 0 Å². The Morgan fingerprint density at radius 1 is 1.27 bits per heavy atom. The highest BCUT2D eigenvalue weighted by Gasteiger charge is 2.45. The number of fused-ring (bicyclic) bond motifs is 2. The number of rotatable bonds is 7. The van der Waals surface area contributed by atoms with E-state index in [2.05, 4.69) is 27.3 Å². The molecule has 1 atom stereocenters. The van der Waals surface area contributed by atoms with Crippen molar-refractivity contribution in [1.82, 2.24) is 15.2 Å². The Morgan fingerprint density at radius 3 is 2.97 bits per heavy atom. The number of allylic oxidation sites excluding steroid dienone is 1. The number of para-hydroxylation sites is 1. The van der Waals surface area contributed by atoms with Gasteiger partial charge in [0.05, 0.1) is 15.2 Å². The minimum Gasteiger partial charge on any atom is -0.355 e. The summed E-state index contributed by atoms with van der Waals surface area (Å²) in [7, 11) is 0. The molecule has 30 heavy (non-hydrogen) atoms. The zero-order valence-electron chi connectivity index (χ0n) is 17.4. The number of benzene rings is 1. The number of hydrogen-bond acceptors (Lipinski definition) is 4. The van der Waals surface area contributed by atoms with Gasteiger partial charge in [-0.3, -0.25) is 9.59 Å². The molecule has 1 saturated heterocycles. The van der Waals surface area contributed by atoms with Gasteiger partial charge in [-0.1, -0.05) is 18.2 Å². The summed E-state index contributed by atoms with van der Waals surface area (Å²) < 4.78 is 1.17. The number of hydrogen-bond donors (Lipinski definition) is 1. The van der Waals surface area contributed by atoms with E-state index >= 15 is 0 Å². The highest BCUT2D eigenvalue weighted by Crippen LogP contribution is 2.47. The van der Waals surface area contributed by atoms with Crippen LogP contribution < -0.4 is 5.32 Å². The van der Waals surface area contributed by atoms with Crippen molar-refractivity contribution in [1.29, 1.82) is 0 Å². The fourth-order valence-corrected chi connectivity index (χ4v) is 5.89. The molecule has 158 valence electrons. The second-order valence-corrected chi connectivity index (χ2v) is 10.2. The quantitative estimate of drug-likeness (QED) is 0.716. The fourth-order valence-electron chi connectivity index (χ4n) is 4.92. The summed E-state index contributed by atoms with van der Waals surface area (Å²) in [4.78, 5) is 32.0. The van der Waals surface area contributed by atoms with Crippen molar-refractivity contribution in [2.75, 3.05) is 13.1 Å². The van der Waals surface area contributed by atoms with Crippen LogP contribution >= 0.6 is 11.3 Å². The molecule has 0 spiro atoms. The van der Waals surface area contributed by atoms with E-state index in [-0.39, 0.29) is 17.2 Å². The molecule has 1 unspecified atom stereocenters. The molecule has 1 aliphatic heterocycles. The highest BCUT2D eigenvalue weighted by molar-refractivity contribution is 7.18. The fraction of sp³-hybridized carbons (Fsp3) is 0.542. The maximum Gasteiger partial charge on any atom is 0.226 e. The van der Waals surface area contributed by atoms with Crippen molar-refractivity contribution in [2.24, 2.45) is 11.3 Å². The van der Waals surface area contributed by atoms with Gasteiger partial charge in [-0.05, 0) is 56.6 Å². The predicted molar refractivity (Wildman–Crippen MR) is 119 cm³/mol. The second-order valence-electron chi connectivity index (χ2n) is 9.06. The average molecular weight is 424 g/mol. The molecule has 0 radical (unpaired) electrons. The molecule has 5 nitrogen and oxygen atoms in total. The zero-order chi connectivity index (χ0) is 20.6. The lowest BCUT2D eigenvalue weighted by Gasteiger charge is -2.47. The van der Waals surface area contributed by atoms with Crippen LogP contribution in [0.1, 0.15) is 56.4 Å². The van der Waals surface area contributed by atoms with Gasteiger partial charge in [0.25, 0.3) is 0 Å². The van der Waals surface area contributed by atoms with Crippen LogP contribution in [0.5, 0.6) is 0 Å². The van der Waals surface area contributed by atoms with E-state index in [0.29, 0.717) is 31.7 Å². The molecular weight excluding hydrogens is 394 g/mol. The Bertz CT molecular complexity index is 960. The number of nitrogens with zero attached hydrogens (tertiary/aromatic N) is 2. The van der Waals surface area contributed by atoms with Crippen LogP contribution in [0.15, 0.2) is 36.0 Å². The van der Waals surface area contributed by atoms with Crippen LogP contribution in [-0.2, 0) is 16.0 Å². The normalized spacial score (nSPS) is 23.9. The maximum atomic E-state index is 12.6. The average Bonchev–Trinajstić information content (AvgIpc) is 3.49. The third kappa shape index (κ3) is 4.02. The molecule has 2 aromatic rings. The first-order chi connectivity index (χ1) is 14.6. The molecule has 6 heteroatoms. The number of amides is 2. The van der Waals surface area contributed by atoms with Gasteiger partial charge in [0.2, 0.25) is 11.8 Å². The van der Waals surface area contributed by atoms with Gasteiger partial charge in [-0.25, -0.2) is 4.98 Å². The van der Waals surface area contributed by atoms with Crippen molar-refractivity contribution in [3.8, 4) is 0 Å². The lowest BCUT2D eigenvalue weighted by Crippen LogP contribution is -2.51. The summed E-state index contributed by atoms with van der Waals surface area (Å²) in [5, 5.41) is 4.23. The van der Waals surface area contributed by atoms with Crippen LogP contribution in [0.25, 0.3) is 10.2 Å². The lowest BCUT2D eigenvalue weighted by molar-refractivity contribution is -0.134. The van der Waals surface area contributed by atoms with Gasteiger partial charge in [-0.2, -0.15) is 0 Å². The minimum atomic E-state index is -0.0629. The molecule has 1 saturated carbocycles. The molecule has 1 aromatic heterocycles. The van der Waals surface area contributed by atoms with Crippen molar-refractivity contribution in [2.45, 2.75) is 57.8 Å². The van der Waals surface area contributed by atoms with Gasteiger partial charge < -0.3 is 10.2 Å². The molecule has 2 heterocycles. The molecular formula is C24H29N3O2S. The molecule has 2 fully saturated rings. The molecule has 5 rings (SSSR count). The third-order valence-corrected chi connectivity index (χ3v) is 7.91. The summed E-state index contributed by atoms with van der Waals surface area (Å²) in [5.74, 6) is 1.03. The second kappa shape index (κ2) is 8.14. The smallest absolute Gasteiger partial charge is 0.226 e. The molecule has 0 bridgehead atoms. The number of likely N-dealkylation sites (tertiary alicyclic amines) is 1. The molecule has 2 aliphatic carbocycles. The van der Waals surface area contributed by atoms with E-state index in [1.165, 1.54) is 23.2 Å². The Balaban J connectivity index is 1.21. The number of nitrogens with one attached hydrogen (secondary N) is 1. The van der Waals surface area contributed by atoms with Crippen LogP contribution in [0.4, 0.5) is 0 Å². The van der Waals surface area contributed by atoms with Crippen LogP contribution in [0.3, 0.4) is 0 Å². The number of carbonyl (C=O) groups excluding carboxylic acids is 2. The first kappa shape index (κ1) is 19.7. The Labute approximate surface area is 181 Å². The molecule has 2 amide bonds. The Morgan fingerprint density at radius 2 is 2.13 bits per heavy atom. The van der Waals surface area contributed by atoms with E-state index in [9.17, 15) is 9.59 Å². The van der Waals surface area contributed by atoms with E-state index in [1.54, 1.807) is 11.3 Å². The summed E-state index contributed by atoms with van der Waals surface area (Å²) >= 11 is 1.67. The Hall–Kier alpha value is -2.21. The summed E-state index contributed by atoms with van der Waals surface area (Å²) in [6.07, 6.45) is 10.6. The number of aromatic nitrogens is 1. The van der Waals surface area contributed by atoms with E-state index in [0.717, 1.165) is 42.8 Å². The van der Waals surface area contributed by atoms with Gasteiger partial charge in [-0.15, -0.1) is 11.3 Å². The largest absolute Gasteiger partial charge is 0.355 e. The summed E-state index contributed by atoms with van der Waals surface area (Å²) in [6.45, 7) is 1.52. The van der Waals surface area contributed by atoms with Crippen molar-refractivity contribution < 1.29 is 9.59 Å². The SMILES string of the molecule is O=C(CCc1nc2ccccc2s1)NCC12CCCC=C1N(CC1CC1)C(=O)CC2. The standard InChI is InChI=1S/C24H29N3O2S/c28-21(10-11-22-26-18-5-1-2-6-19(18)30-22)25-16-24-13-4-3-7-20(24)27(15-17-8-9-17)23(29)12-14-24/h1-2,5-7,17H,3-4,8-16H2,(H,25,28). The molecule has 1 aromatic carbocycles. The van der Waals surface area contributed by atoms with Crippen molar-refractivity contribution >= 4 is 33.4 Å². The summed E-state index contributed by atoms with van der Waals surface area (Å²) in [5.41, 5.74) is 2.15. The third-order valence-electron chi connectivity index (χ3n) is 6.82. The molecule has 3 aliphatic rings. The first-order valence-corrected chi connectivity index (χ1v) is 12.1. The highest BCUT2D eigenvalue weighted by atomic mass is 32.1. The number of thiazole rings is 1. The van der Waals surface area contributed by atoms with Crippen molar-refractivity contribution in [3.05, 3.63) is 41.0 Å². The number of aryl methyl sites for hydroxylation is 1. The maximum absolute atomic E-state index is 12.6. The molecule has 1 N–H and O–H groups in total. The van der Waals surface area contributed by atoms with E-state index in [1.807, 2.05) is 18.2 Å². The number of carbonyl (C=O) groups is 2. The van der Waals surface area contributed by atoms with Crippen LogP contribution in [0.2, 0.25) is 0 Å². The van der Waals surface area contributed by atoms with Crippen molar-refractivity contribution in [3.63, 3.8) is 0 Å². The first-order valence-electron chi connectivity index (χ1n) is 11.3. The minimum absolute atomic E-state index is 0.0629. The van der Waals surface area contributed by atoms with Crippen LogP contribution in [0, 0.1) is 11.3 Å². The number of piperidine rings is 1. The summed E-state index contributed by atoms with van der Waals surface area (Å²) in [6, 6.07) is 8.11. The predicted octanol–water partition coefficient (Wildman–Crippen LogP) is 4.43. The van der Waals surface area contributed by atoms with E-state index < -0.39 is 0 Å². The lowest BCUT2D eigenvalue weighted by atomic mass is 9.69.